The van der Waals surface area contributed by atoms with Gasteiger partial charge in [-0.25, -0.2) is 0 Å². The van der Waals surface area contributed by atoms with Crippen LogP contribution in [0.3, 0.4) is 0 Å². The van der Waals surface area contributed by atoms with Crippen molar-refractivity contribution in [1.29, 1.82) is 0 Å². The molecule has 1 unspecified atom stereocenters. The van der Waals surface area contributed by atoms with E-state index in [0.717, 1.165) is 0 Å². The Morgan fingerprint density at radius 3 is 2.61 bits per heavy atom. The van der Waals surface area contributed by atoms with E-state index >= 15 is 0 Å². The first-order valence-electron chi connectivity index (χ1n) is 5.91. The number of ether oxygens (including phenoxy) is 2. The maximum Gasteiger partial charge on any atom is 0.242 e. The van der Waals surface area contributed by atoms with Crippen LogP contribution in [0.4, 0.5) is 0 Å². The first-order valence-corrected chi connectivity index (χ1v) is 5.91. The molecule has 2 amide bonds. The molecule has 1 rings (SSSR count). The van der Waals surface area contributed by atoms with Crippen molar-refractivity contribution in [1.82, 2.24) is 9.80 Å². The summed E-state index contributed by atoms with van der Waals surface area (Å²) in [6, 6.07) is -0.725. The number of rotatable bonds is 5. The molecule has 0 aromatic rings. The number of morpholine rings is 1. The lowest BCUT2D eigenvalue weighted by Crippen LogP contribution is -2.50. The fraction of sp³-hybridized carbons (Fsp3) is 0.818. The van der Waals surface area contributed by atoms with Crippen LogP contribution in [-0.4, -0.2) is 81.3 Å². The predicted molar refractivity (Wildman–Crippen MR) is 64.9 cm³/mol. The van der Waals surface area contributed by atoms with Gasteiger partial charge in [-0.15, -0.1) is 0 Å². The minimum atomic E-state index is -0.725. The van der Waals surface area contributed by atoms with Crippen molar-refractivity contribution >= 4 is 11.8 Å². The molecule has 1 aliphatic rings. The van der Waals surface area contributed by atoms with Crippen molar-refractivity contribution in [3.63, 3.8) is 0 Å². The van der Waals surface area contributed by atoms with E-state index in [4.69, 9.17) is 15.2 Å². The Morgan fingerprint density at radius 1 is 1.44 bits per heavy atom. The highest BCUT2D eigenvalue weighted by Gasteiger charge is 2.23. The number of carbonyl (C=O) groups is 2. The van der Waals surface area contributed by atoms with Gasteiger partial charge >= 0.3 is 0 Å². The Hall–Kier alpha value is -1.18. The van der Waals surface area contributed by atoms with Crippen molar-refractivity contribution in [3.05, 3.63) is 0 Å². The molecule has 0 spiro atoms. The summed E-state index contributed by atoms with van der Waals surface area (Å²) in [7, 11) is 3.04. The topological polar surface area (TPSA) is 85.1 Å². The Balaban J connectivity index is 2.40. The van der Waals surface area contributed by atoms with E-state index in [1.807, 2.05) is 0 Å². The van der Waals surface area contributed by atoms with Crippen molar-refractivity contribution < 1.29 is 19.1 Å². The minimum absolute atomic E-state index is 0.0379. The molecule has 104 valence electrons. The van der Waals surface area contributed by atoms with Crippen LogP contribution < -0.4 is 5.73 Å². The maximum atomic E-state index is 11.9. The van der Waals surface area contributed by atoms with Crippen LogP contribution in [0.25, 0.3) is 0 Å². The number of carbonyl (C=O) groups excluding carboxylic acids is 2. The fourth-order valence-electron chi connectivity index (χ4n) is 1.73. The van der Waals surface area contributed by atoms with E-state index in [1.165, 1.54) is 12.0 Å². The second-order valence-corrected chi connectivity index (χ2v) is 4.25. The highest BCUT2D eigenvalue weighted by molar-refractivity contribution is 5.87. The van der Waals surface area contributed by atoms with Gasteiger partial charge in [0.1, 0.15) is 6.04 Å². The van der Waals surface area contributed by atoms with Crippen molar-refractivity contribution in [2.75, 3.05) is 53.6 Å². The third kappa shape index (κ3) is 4.25. The first-order chi connectivity index (χ1) is 8.56. The molecule has 0 aromatic carbocycles. The molecule has 0 radical (unpaired) electrons. The Kier molecular flexibility index (Phi) is 6.03. The summed E-state index contributed by atoms with van der Waals surface area (Å²) in [5, 5.41) is 0. The Morgan fingerprint density at radius 2 is 2.06 bits per heavy atom. The molecule has 7 nitrogen and oxygen atoms in total. The summed E-state index contributed by atoms with van der Waals surface area (Å²) in [4.78, 5) is 26.7. The number of amides is 2. The average molecular weight is 259 g/mol. The molecule has 1 aliphatic heterocycles. The van der Waals surface area contributed by atoms with Crippen molar-refractivity contribution in [3.8, 4) is 0 Å². The lowest BCUT2D eigenvalue weighted by Gasteiger charge is -2.29. The third-order valence-electron chi connectivity index (χ3n) is 2.78. The number of nitrogens with two attached hydrogens (primary N) is 1. The van der Waals surface area contributed by atoms with E-state index in [2.05, 4.69) is 0 Å². The van der Waals surface area contributed by atoms with Crippen LogP contribution in [0, 0.1) is 0 Å². The van der Waals surface area contributed by atoms with Crippen molar-refractivity contribution in [2.45, 2.75) is 6.04 Å². The number of likely N-dealkylation sites (N-methyl/N-ethyl adjacent to an activating group) is 1. The van der Waals surface area contributed by atoms with E-state index in [-0.39, 0.29) is 25.0 Å². The number of methoxy groups -OCH3 is 1. The zero-order valence-electron chi connectivity index (χ0n) is 10.9. The SMILES string of the molecule is COCC(N)C(=O)N(C)CC(=O)N1CCOCC1. The van der Waals surface area contributed by atoms with Gasteiger partial charge in [-0.05, 0) is 0 Å². The summed E-state index contributed by atoms with van der Waals surface area (Å²) in [5.41, 5.74) is 5.62. The summed E-state index contributed by atoms with van der Waals surface area (Å²) in [6.45, 7) is 2.43. The van der Waals surface area contributed by atoms with Gasteiger partial charge in [-0.1, -0.05) is 0 Å². The molecule has 1 atom stereocenters. The number of nitrogens with zero attached hydrogens (tertiary/aromatic N) is 2. The van der Waals surface area contributed by atoms with Crippen molar-refractivity contribution in [2.24, 2.45) is 5.73 Å². The zero-order valence-corrected chi connectivity index (χ0v) is 10.9. The monoisotopic (exact) mass is 259 g/mol. The van der Waals surface area contributed by atoms with Gasteiger partial charge in [-0.3, -0.25) is 9.59 Å². The molecule has 1 heterocycles. The molecule has 0 saturated carbocycles. The van der Waals surface area contributed by atoms with Crippen LogP contribution in [0.2, 0.25) is 0 Å². The molecule has 0 bridgehead atoms. The van der Waals surface area contributed by atoms with Crippen LogP contribution in [0.15, 0.2) is 0 Å². The van der Waals surface area contributed by atoms with Gasteiger partial charge in [0.15, 0.2) is 0 Å². The summed E-state index contributed by atoms with van der Waals surface area (Å²) >= 11 is 0. The summed E-state index contributed by atoms with van der Waals surface area (Å²) in [6.07, 6.45) is 0. The maximum absolute atomic E-state index is 11.9. The minimum Gasteiger partial charge on any atom is -0.383 e. The van der Waals surface area contributed by atoms with Crippen LogP contribution >= 0.6 is 0 Å². The van der Waals surface area contributed by atoms with E-state index in [1.54, 1.807) is 11.9 Å². The smallest absolute Gasteiger partial charge is 0.242 e. The lowest BCUT2D eigenvalue weighted by molar-refractivity contribution is -0.142. The summed E-state index contributed by atoms with van der Waals surface area (Å²) < 4.78 is 9.97. The molecular formula is C11H21N3O4. The Bertz CT molecular complexity index is 292. The zero-order chi connectivity index (χ0) is 13.5. The molecule has 2 N–H and O–H groups in total. The molecule has 1 fully saturated rings. The highest BCUT2D eigenvalue weighted by Crippen LogP contribution is 2.00. The van der Waals surface area contributed by atoms with Gasteiger partial charge in [-0.2, -0.15) is 0 Å². The predicted octanol–water partition coefficient (Wildman–Crippen LogP) is -1.72. The molecule has 0 aromatic heterocycles. The van der Waals surface area contributed by atoms with Crippen LogP contribution in [-0.2, 0) is 19.1 Å². The lowest BCUT2D eigenvalue weighted by atomic mass is 10.3. The first kappa shape index (κ1) is 14.9. The largest absolute Gasteiger partial charge is 0.383 e. The van der Waals surface area contributed by atoms with Crippen LogP contribution in [0.1, 0.15) is 0 Å². The van der Waals surface area contributed by atoms with E-state index < -0.39 is 6.04 Å². The number of hydrogen-bond acceptors (Lipinski definition) is 5. The molecule has 7 heteroatoms. The molecule has 0 aliphatic carbocycles. The highest BCUT2D eigenvalue weighted by atomic mass is 16.5. The normalized spacial score (nSPS) is 17.4. The Labute approximate surface area is 107 Å². The second-order valence-electron chi connectivity index (χ2n) is 4.25. The standard InChI is InChI=1S/C11H21N3O4/c1-13(11(16)9(12)8-17-2)7-10(15)14-3-5-18-6-4-14/h9H,3-8,12H2,1-2H3. The van der Waals surface area contributed by atoms with E-state index in [9.17, 15) is 9.59 Å². The van der Waals surface area contributed by atoms with E-state index in [0.29, 0.717) is 26.3 Å². The van der Waals surface area contributed by atoms with Gasteiger partial charge in [0.05, 0.1) is 26.4 Å². The summed E-state index contributed by atoms with van der Waals surface area (Å²) in [5.74, 6) is -0.378. The van der Waals surface area contributed by atoms with Gasteiger partial charge in [0.25, 0.3) is 0 Å². The average Bonchev–Trinajstić information content (AvgIpc) is 2.39. The van der Waals surface area contributed by atoms with Gasteiger partial charge in [0.2, 0.25) is 11.8 Å². The molecule has 1 saturated heterocycles. The van der Waals surface area contributed by atoms with Gasteiger partial charge < -0.3 is 25.0 Å². The second kappa shape index (κ2) is 7.30. The molecular weight excluding hydrogens is 238 g/mol. The number of hydrogen-bond donors (Lipinski definition) is 1. The third-order valence-corrected chi connectivity index (χ3v) is 2.78. The fourth-order valence-corrected chi connectivity index (χ4v) is 1.73. The van der Waals surface area contributed by atoms with Gasteiger partial charge in [0, 0.05) is 27.2 Å². The molecule has 18 heavy (non-hydrogen) atoms. The van der Waals surface area contributed by atoms with Crippen LogP contribution in [0.5, 0.6) is 0 Å². The quantitative estimate of drug-likeness (QED) is 0.634.